The van der Waals surface area contributed by atoms with Gasteiger partial charge in [-0.2, -0.15) is 0 Å². The average molecular weight is 304 g/mol. The van der Waals surface area contributed by atoms with Gasteiger partial charge in [-0.3, -0.25) is 9.59 Å². The number of hydrogen-bond acceptors (Lipinski definition) is 4. The monoisotopic (exact) mass is 304 g/mol. The molecule has 0 radical (unpaired) electrons. The van der Waals surface area contributed by atoms with E-state index >= 15 is 0 Å². The maximum absolute atomic E-state index is 12.4. The van der Waals surface area contributed by atoms with Crippen LogP contribution in [-0.2, 0) is 14.3 Å². The van der Waals surface area contributed by atoms with Crippen LogP contribution in [0.3, 0.4) is 0 Å². The third-order valence-electron chi connectivity index (χ3n) is 3.58. The van der Waals surface area contributed by atoms with E-state index < -0.39 is 11.4 Å². The molecule has 1 aromatic carbocycles. The fourth-order valence-corrected chi connectivity index (χ4v) is 2.18. The summed E-state index contributed by atoms with van der Waals surface area (Å²) < 4.78 is 4.64. The molecule has 2 N–H and O–H groups in total. The molecule has 118 valence electrons. The lowest BCUT2D eigenvalue weighted by molar-refractivity contribution is -0.134. The molecule has 0 aliphatic heterocycles. The molecule has 0 aromatic heterocycles. The summed E-state index contributed by atoms with van der Waals surface area (Å²) in [6.45, 7) is 3.71. The molecule has 6 nitrogen and oxygen atoms in total. The lowest BCUT2D eigenvalue weighted by Crippen LogP contribution is -2.42. The number of hydrogen-bond donors (Lipinski definition) is 2. The quantitative estimate of drug-likeness (QED) is 0.641. The molecule has 1 aliphatic rings. The van der Waals surface area contributed by atoms with Crippen LogP contribution in [0.25, 0.3) is 0 Å². The van der Waals surface area contributed by atoms with E-state index in [9.17, 15) is 14.4 Å². The van der Waals surface area contributed by atoms with Crippen molar-refractivity contribution in [2.75, 3.05) is 12.4 Å². The molecule has 0 bridgehead atoms. The van der Waals surface area contributed by atoms with Crippen LogP contribution in [0.15, 0.2) is 24.3 Å². The van der Waals surface area contributed by atoms with E-state index in [0.717, 1.165) is 0 Å². The maximum Gasteiger partial charge on any atom is 0.337 e. The van der Waals surface area contributed by atoms with Crippen molar-refractivity contribution >= 4 is 23.5 Å². The van der Waals surface area contributed by atoms with Crippen LogP contribution < -0.4 is 10.6 Å². The van der Waals surface area contributed by atoms with Crippen LogP contribution in [-0.4, -0.2) is 30.9 Å². The molecule has 0 atom stereocenters. The highest BCUT2D eigenvalue weighted by Crippen LogP contribution is 2.46. The van der Waals surface area contributed by atoms with Gasteiger partial charge in [0.1, 0.15) is 5.41 Å². The van der Waals surface area contributed by atoms with Crippen LogP contribution in [0, 0.1) is 5.41 Å². The highest BCUT2D eigenvalue weighted by molar-refractivity contribution is 6.13. The van der Waals surface area contributed by atoms with E-state index in [1.54, 1.807) is 18.2 Å². The minimum Gasteiger partial charge on any atom is -0.465 e. The number of carbonyl (C=O) groups is 3. The summed E-state index contributed by atoms with van der Waals surface area (Å²) in [6, 6.07) is 6.43. The number of amides is 2. The second-order valence-corrected chi connectivity index (χ2v) is 5.74. The van der Waals surface area contributed by atoms with Gasteiger partial charge in [-0.05, 0) is 44.9 Å². The summed E-state index contributed by atoms with van der Waals surface area (Å²) in [7, 11) is 1.29. The zero-order valence-electron chi connectivity index (χ0n) is 12.9. The molecule has 22 heavy (non-hydrogen) atoms. The van der Waals surface area contributed by atoms with E-state index in [-0.39, 0.29) is 17.9 Å². The molecular weight excluding hydrogens is 284 g/mol. The predicted octanol–water partition coefficient (Wildman–Crippen LogP) is 1.72. The number of methoxy groups -OCH3 is 1. The minimum atomic E-state index is -0.981. The summed E-state index contributed by atoms with van der Waals surface area (Å²) in [5.41, 5.74) is -0.167. The molecule has 6 heteroatoms. The maximum atomic E-state index is 12.4. The summed E-state index contributed by atoms with van der Waals surface area (Å²) in [4.78, 5) is 36.0. The first kappa shape index (κ1) is 16.0. The van der Waals surface area contributed by atoms with Crippen LogP contribution in [0.1, 0.15) is 37.0 Å². The van der Waals surface area contributed by atoms with Crippen molar-refractivity contribution in [3.8, 4) is 0 Å². The van der Waals surface area contributed by atoms with Crippen molar-refractivity contribution < 1.29 is 19.1 Å². The number of rotatable bonds is 5. The van der Waals surface area contributed by atoms with Crippen molar-refractivity contribution in [1.29, 1.82) is 0 Å². The third-order valence-corrected chi connectivity index (χ3v) is 3.58. The standard InChI is InChI=1S/C16H20N2O4/c1-10(2)17-14(20)16(7-8-16)15(21)18-12-6-4-5-11(9-12)13(19)22-3/h4-6,9-10H,7-8H2,1-3H3,(H,17,20)(H,18,21). The Morgan fingerprint density at radius 2 is 1.86 bits per heavy atom. The van der Waals surface area contributed by atoms with Crippen molar-refractivity contribution in [1.82, 2.24) is 5.32 Å². The van der Waals surface area contributed by atoms with Crippen LogP contribution in [0.5, 0.6) is 0 Å². The Balaban J connectivity index is 2.09. The largest absolute Gasteiger partial charge is 0.465 e. The van der Waals surface area contributed by atoms with Crippen molar-refractivity contribution in [2.24, 2.45) is 5.41 Å². The molecule has 0 unspecified atom stereocenters. The average Bonchev–Trinajstić information content (AvgIpc) is 3.27. The van der Waals surface area contributed by atoms with E-state index in [2.05, 4.69) is 15.4 Å². The number of carbonyl (C=O) groups excluding carboxylic acids is 3. The van der Waals surface area contributed by atoms with E-state index in [1.165, 1.54) is 13.2 Å². The lowest BCUT2D eigenvalue weighted by atomic mass is 10.0. The fraction of sp³-hybridized carbons (Fsp3) is 0.438. The normalized spacial score (nSPS) is 15.1. The minimum absolute atomic E-state index is 0.0135. The molecule has 1 aromatic rings. The Bertz CT molecular complexity index is 606. The molecule has 1 fully saturated rings. The SMILES string of the molecule is COC(=O)c1cccc(NC(=O)C2(C(=O)NC(C)C)CC2)c1. The van der Waals surface area contributed by atoms with Gasteiger partial charge in [-0.25, -0.2) is 4.79 Å². The van der Waals surface area contributed by atoms with Crippen molar-refractivity contribution in [3.05, 3.63) is 29.8 Å². The Morgan fingerprint density at radius 3 is 2.41 bits per heavy atom. The fourth-order valence-electron chi connectivity index (χ4n) is 2.18. The van der Waals surface area contributed by atoms with Crippen LogP contribution >= 0.6 is 0 Å². The first-order valence-corrected chi connectivity index (χ1v) is 7.20. The topological polar surface area (TPSA) is 84.5 Å². The first-order valence-electron chi connectivity index (χ1n) is 7.20. The van der Waals surface area contributed by atoms with E-state index in [1.807, 2.05) is 13.8 Å². The first-order chi connectivity index (χ1) is 10.4. The van der Waals surface area contributed by atoms with Crippen LogP contribution in [0.2, 0.25) is 0 Å². The molecule has 0 spiro atoms. The van der Waals surface area contributed by atoms with E-state index in [0.29, 0.717) is 24.1 Å². The smallest absolute Gasteiger partial charge is 0.337 e. The van der Waals surface area contributed by atoms with Crippen LogP contribution in [0.4, 0.5) is 5.69 Å². The summed E-state index contributed by atoms with van der Waals surface area (Å²) >= 11 is 0. The van der Waals surface area contributed by atoms with Gasteiger partial charge < -0.3 is 15.4 Å². The molecule has 1 saturated carbocycles. The number of ether oxygens (including phenoxy) is 1. The molecule has 2 amide bonds. The van der Waals surface area contributed by atoms with Gasteiger partial charge in [0, 0.05) is 11.7 Å². The van der Waals surface area contributed by atoms with Gasteiger partial charge in [-0.15, -0.1) is 0 Å². The van der Waals surface area contributed by atoms with E-state index in [4.69, 9.17) is 0 Å². The van der Waals surface area contributed by atoms with Gasteiger partial charge in [0.15, 0.2) is 0 Å². The van der Waals surface area contributed by atoms with Gasteiger partial charge in [-0.1, -0.05) is 6.07 Å². The molecular formula is C16H20N2O4. The Hall–Kier alpha value is -2.37. The highest BCUT2D eigenvalue weighted by atomic mass is 16.5. The van der Waals surface area contributed by atoms with Gasteiger partial charge in [0.05, 0.1) is 12.7 Å². The van der Waals surface area contributed by atoms with Gasteiger partial charge in [0.2, 0.25) is 11.8 Å². The second-order valence-electron chi connectivity index (χ2n) is 5.74. The molecule has 0 saturated heterocycles. The van der Waals surface area contributed by atoms with Gasteiger partial charge in [0.25, 0.3) is 0 Å². The Kier molecular flexibility index (Phi) is 4.49. The lowest BCUT2D eigenvalue weighted by Gasteiger charge is -2.17. The number of esters is 1. The van der Waals surface area contributed by atoms with Gasteiger partial charge >= 0.3 is 5.97 Å². The molecule has 0 heterocycles. The number of nitrogens with one attached hydrogen (secondary N) is 2. The Labute approximate surface area is 129 Å². The highest BCUT2D eigenvalue weighted by Gasteiger charge is 2.56. The summed E-state index contributed by atoms with van der Waals surface area (Å²) in [5.74, 6) is -1.06. The Morgan fingerprint density at radius 1 is 1.18 bits per heavy atom. The summed E-state index contributed by atoms with van der Waals surface area (Å²) in [6.07, 6.45) is 1.07. The number of anilines is 1. The second kappa shape index (κ2) is 6.17. The molecule has 2 rings (SSSR count). The van der Waals surface area contributed by atoms with Crippen molar-refractivity contribution in [3.63, 3.8) is 0 Å². The number of benzene rings is 1. The zero-order chi connectivity index (χ0) is 16.3. The molecule has 1 aliphatic carbocycles. The van der Waals surface area contributed by atoms with Crippen molar-refractivity contribution in [2.45, 2.75) is 32.7 Å². The third kappa shape index (κ3) is 3.27. The summed E-state index contributed by atoms with van der Waals surface area (Å²) in [5, 5.41) is 5.49. The zero-order valence-corrected chi connectivity index (χ0v) is 12.9. The predicted molar refractivity (Wildman–Crippen MR) is 81.4 cm³/mol.